The number of carboxylic acid groups (broad SMARTS) is 1. The maximum Gasteiger partial charge on any atom is 0.329 e. The highest BCUT2D eigenvalue weighted by Gasteiger charge is 2.09. The Hall–Kier alpha value is -2.08. The van der Waals surface area contributed by atoms with Gasteiger partial charge in [0.25, 0.3) is 0 Å². The fourth-order valence-electron chi connectivity index (χ4n) is 1.37. The highest BCUT2D eigenvalue weighted by atomic mass is 16.5. The van der Waals surface area contributed by atoms with Gasteiger partial charge < -0.3 is 19.9 Å². The minimum atomic E-state index is -1.11. The summed E-state index contributed by atoms with van der Waals surface area (Å²) in [5, 5.41) is 11.0. The number of carbonyl (C=O) groups excluding carboxylic acids is 1. The van der Waals surface area contributed by atoms with Gasteiger partial charge >= 0.3 is 5.97 Å². The molecule has 110 valence electrons. The van der Waals surface area contributed by atoms with Gasteiger partial charge in [-0.1, -0.05) is 26.0 Å². The normalized spacial score (nSPS) is 10.3. The van der Waals surface area contributed by atoms with Crippen LogP contribution < -0.4 is 10.1 Å². The quantitative estimate of drug-likeness (QED) is 0.758. The van der Waals surface area contributed by atoms with Gasteiger partial charge in [-0.3, -0.25) is 4.79 Å². The van der Waals surface area contributed by atoms with Crippen LogP contribution in [0, 0.1) is 5.92 Å². The third kappa shape index (κ3) is 6.19. The molecule has 1 rings (SSSR count). The van der Waals surface area contributed by atoms with Crippen molar-refractivity contribution < 1.29 is 24.2 Å². The molecule has 0 saturated carbocycles. The first kappa shape index (κ1) is 16.0. The van der Waals surface area contributed by atoms with Gasteiger partial charge in [0, 0.05) is 0 Å². The van der Waals surface area contributed by atoms with E-state index in [0.717, 1.165) is 0 Å². The standard InChI is InChI=1S/C14H19NO5/c1-10(2)7-20-12-6-4-3-5-11(12)15-13(16)8-19-9-14(17)18/h3-6,10H,7-9H2,1-2H3,(H,15,16)(H,17,18). The van der Waals surface area contributed by atoms with E-state index in [0.29, 0.717) is 24.0 Å². The smallest absolute Gasteiger partial charge is 0.329 e. The van der Waals surface area contributed by atoms with Crippen LogP contribution in [0.3, 0.4) is 0 Å². The molecule has 0 aliphatic rings. The van der Waals surface area contributed by atoms with Gasteiger partial charge in [0.1, 0.15) is 19.0 Å². The molecule has 0 aromatic heterocycles. The summed E-state index contributed by atoms with van der Waals surface area (Å²) < 4.78 is 10.3. The van der Waals surface area contributed by atoms with Crippen LogP contribution in [-0.2, 0) is 14.3 Å². The topological polar surface area (TPSA) is 84.9 Å². The molecule has 6 nitrogen and oxygen atoms in total. The number of amides is 1. The average molecular weight is 281 g/mol. The number of rotatable bonds is 8. The summed E-state index contributed by atoms with van der Waals surface area (Å²) in [5.41, 5.74) is 0.539. The van der Waals surface area contributed by atoms with Crippen molar-refractivity contribution in [1.29, 1.82) is 0 Å². The summed E-state index contributed by atoms with van der Waals surface area (Å²) >= 11 is 0. The largest absolute Gasteiger partial charge is 0.491 e. The summed E-state index contributed by atoms with van der Waals surface area (Å²) in [7, 11) is 0. The molecule has 0 fully saturated rings. The molecular formula is C14H19NO5. The average Bonchev–Trinajstić information content (AvgIpc) is 2.37. The minimum Gasteiger partial charge on any atom is -0.491 e. The Morgan fingerprint density at radius 2 is 1.95 bits per heavy atom. The summed E-state index contributed by atoms with van der Waals surface area (Å²) in [6.45, 7) is 3.79. The molecule has 1 aromatic carbocycles. The van der Waals surface area contributed by atoms with Crippen LogP contribution in [0.15, 0.2) is 24.3 Å². The Balaban J connectivity index is 2.53. The van der Waals surface area contributed by atoms with Gasteiger partial charge in [-0.05, 0) is 18.1 Å². The molecular weight excluding hydrogens is 262 g/mol. The molecule has 6 heteroatoms. The number of para-hydroxylation sites is 2. The van der Waals surface area contributed by atoms with Gasteiger partial charge in [-0.2, -0.15) is 0 Å². The number of ether oxygens (including phenoxy) is 2. The van der Waals surface area contributed by atoms with Crippen LogP contribution >= 0.6 is 0 Å². The summed E-state index contributed by atoms with van der Waals surface area (Å²) in [6, 6.07) is 7.06. The number of carbonyl (C=O) groups is 2. The van der Waals surface area contributed by atoms with Crippen molar-refractivity contribution >= 4 is 17.6 Å². The third-order valence-corrected chi connectivity index (χ3v) is 2.19. The molecule has 0 radical (unpaired) electrons. The highest BCUT2D eigenvalue weighted by molar-refractivity contribution is 5.93. The Morgan fingerprint density at radius 1 is 1.25 bits per heavy atom. The van der Waals surface area contributed by atoms with E-state index in [4.69, 9.17) is 14.6 Å². The molecule has 20 heavy (non-hydrogen) atoms. The Bertz CT molecular complexity index is 459. The summed E-state index contributed by atoms with van der Waals surface area (Å²) in [6.07, 6.45) is 0. The van der Waals surface area contributed by atoms with Gasteiger partial charge in [-0.15, -0.1) is 0 Å². The van der Waals surface area contributed by atoms with E-state index in [2.05, 4.69) is 5.32 Å². The van der Waals surface area contributed by atoms with E-state index in [1.165, 1.54) is 0 Å². The van der Waals surface area contributed by atoms with Crippen LogP contribution in [0.5, 0.6) is 5.75 Å². The fourth-order valence-corrected chi connectivity index (χ4v) is 1.37. The second-order valence-corrected chi connectivity index (χ2v) is 4.64. The van der Waals surface area contributed by atoms with Crippen molar-refractivity contribution in [3.8, 4) is 5.75 Å². The van der Waals surface area contributed by atoms with Crippen molar-refractivity contribution in [1.82, 2.24) is 0 Å². The Morgan fingerprint density at radius 3 is 2.60 bits per heavy atom. The predicted octanol–water partition coefficient (Wildman–Crippen LogP) is 1.76. The van der Waals surface area contributed by atoms with Gasteiger partial charge in [0.2, 0.25) is 5.91 Å². The van der Waals surface area contributed by atoms with Crippen molar-refractivity contribution in [3.63, 3.8) is 0 Å². The van der Waals surface area contributed by atoms with Crippen LogP contribution in [-0.4, -0.2) is 36.8 Å². The van der Waals surface area contributed by atoms with Crippen LogP contribution in [0.1, 0.15) is 13.8 Å². The van der Waals surface area contributed by atoms with E-state index < -0.39 is 18.5 Å². The van der Waals surface area contributed by atoms with Crippen LogP contribution in [0.4, 0.5) is 5.69 Å². The molecule has 0 atom stereocenters. The zero-order valence-electron chi connectivity index (χ0n) is 11.6. The first-order valence-corrected chi connectivity index (χ1v) is 6.30. The Kier molecular flexibility index (Phi) is 6.52. The molecule has 0 saturated heterocycles. The number of carboxylic acids is 1. The highest BCUT2D eigenvalue weighted by Crippen LogP contribution is 2.24. The zero-order valence-corrected chi connectivity index (χ0v) is 11.6. The molecule has 2 N–H and O–H groups in total. The van der Waals surface area contributed by atoms with Gasteiger partial charge in [0.05, 0.1) is 12.3 Å². The lowest BCUT2D eigenvalue weighted by atomic mass is 10.2. The first-order chi connectivity index (χ1) is 9.49. The van der Waals surface area contributed by atoms with E-state index in [1.807, 2.05) is 19.9 Å². The van der Waals surface area contributed by atoms with E-state index >= 15 is 0 Å². The molecule has 0 unspecified atom stereocenters. The lowest BCUT2D eigenvalue weighted by Gasteiger charge is -2.13. The van der Waals surface area contributed by atoms with Crippen molar-refractivity contribution in [2.75, 3.05) is 25.1 Å². The molecule has 0 aliphatic heterocycles. The molecule has 0 bridgehead atoms. The summed E-state index contributed by atoms with van der Waals surface area (Å²) in [5.74, 6) is -0.587. The number of benzene rings is 1. The van der Waals surface area contributed by atoms with Gasteiger partial charge in [-0.25, -0.2) is 4.79 Å². The number of anilines is 1. The van der Waals surface area contributed by atoms with E-state index in [1.54, 1.807) is 18.2 Å². The van der Waals surface area contributed by atoms with Crippen LogP contribution in [0.2, 0.25) is 0 Å². The molecule has 0 aliphatic carbocycles. The molecule has 0 heterocycles. The molecule has 0 spiro atoms. The second kappa shape index (κ2) is 8.16. The first-order valence-electron chi connectivity index (χ1n) is 6.30. The molecule has 1 aromatic rings. The molecule has 1 amide bonds. The zero-order chi connectivity index (χ0) is 15.0. The SMILES string of the molecule is CC(C)COc1ccccc1NC(=O)COCC(=O)O. The number of hydrogen-bond acceptors (Lipinski definition) is 4. The summed E-state index contributed by atoms with van der Waals surface area (Å²) in [4.78, 5) is 21.9. The van der Waals surface area contributed by atoms with E-state index in [9.17, 15) is 9.59 Å². The Labute approximate surface area is 117 Å². The minimum absolute atomic E-state index is 0.315. The number of hydrogen-bond donors (Lipinski definition) is 2. The predicted molar refractivity (Wildman–Crippen MR) is 73.9 cm³/mol. The van der Waals surface area contributed by atoms with E-state index in [-0.39, 0.29) is 6.61 Å². The fraction of sp³-hybridized carbons (Fsp3) is 0.429. The van der Waals surface area contributed by atoms with Crippen molar-refractivity contribution in [2.24, 2.45) is 5.92 Å². The maximum atomic E-state index is 11.6. The maximum absolute atomic E-state index is 11.6. The van der Waals surface area contributed by atoms with Gasteiger partial charge in [0.15, 0.2) is 0 Å². The number of nitrogens with one attached hydrogen (secondary N) is 1. The monoisotopic (exact) mass is 281 g/mol. The lowest BCUT2D eigenvalue weighted by Crippen LogP contribution is -2.21. The van der Waals surface area contributed by atoms with Crippen LogP contribution in [0.25, 0.3) is 0 Å². The second-order valence-electron chi connectivity index (χ2n) is 4.64. The number of aliphatic carboxylic acids is 1. The van der Waals surface area contributed by atoms with Crippen molar-refractivity contribution in [3.05, 3.63) is 24.3 Å². The third-order valence-electron chi connectivity index (χ3n) is 2.19. The lowest BCUT2D eigenvalue weighted by molar-refractivity contribution is -0.143. The van der Waals surface area contributed by atoms with Crippen molar-refractivity contribution in [2.45, 2.75) is 13.8 Å².